The maximum absolute atomic E-state index is 13.3. The summed E-state index contributed by atoms with van der Waals surface area (Å²) in [7, 11) is 0. The van der Waals surface area contributed by atoms with Crippen LogP contribution in [0.25, 0.3) is 6.08 Å². The number of nitrogens with zero attached hydrogens (tertiary/aromatic N) is 1. The Morgan fingerprint density at radius 2 is 1.91 bits per heavy atom. The number of alkyl carbamates (subject to hydrolysis) is 1. The molecule has 0 aliphatic carbocycles. The quantitative estimate of drug-likeness (QED) is 0.310. The van der Waals surface area contributed by atoms with Gasteiger partial charge in [-0.05, 0) is 59.5 Å². The third kappa shape index (κ3) is 9.33. The fourth-order valence-electron chi connectivity index (χ4n) is 5.70. The highest BCUT2D eigenvalue weighted by Crippen LogP contribution is 2.48. The van der Waals surface area contributed by atoms with E-state index >= 15 is 0 Å². The molecule has 2 fully saturated rings. The average Bonchev–Trinajstić information content (AvgIpc) is 3.34. The predicted molar refractivity (Wildman–Crippen MR) is 164 cm³/mol. The van der Waals surface area contributed by atoms with Gasteiger partial charge in [-0.1, -0.05) is 39.7 Å². The molecule has 7 unspecified atom stereocenters. The molecule has 0 spiro atoms. The highest BCUT2D eigenvalue weighted by molar-refractivity contribution is 7.09. The fourth-order valence-corrected chi connectivity index (χ4v) is 6.39. The maximum Gasteiger partial charge on any atom is 0.408 e. The molecule has 1 aromatic rings. The summed E-state index contributed by atoms with van der Waals surface area (Å²) in [6.07, 6.45) is 1.07. The second kappa shape index (κ2) is 13.7. The van der Waals surface area contributed by atoms with E-state index < -0.39 is 46.8 Å². The zero-order valence-electron chi connectivity index (χ0n) is 27.1. The molecular weight excluding hydrogens is 572 g/mol. The van der Waals surface area contributed by atoms with Crippen LogP contribution in [-0.4, -0.2) is 69.2 Å². The van der Waals surface area contributed by atoms with Gasteiger partial charge >= 0.3 is 12.1 Å². The molecular formula is C32H50N2O8S. The summed E-state index contributed by atoms with van der Waals surface area (Å²) < 4.78 is 17.2. The van der Waals surface area contributed by atoms with Crippen LogP contribution in [0.5, 0.6) is 0 Å². The number of amides is 1. The first-order chi connectivity index (χ1) is 19.8. The number of aromatic nitrogens is 1. The second-order valence-electron chi connectivity index (χ2n) is 14.0. The minimum Gasteiger partial charge on any atom is -0.465 e. The molecule has 0 radical (unpaired) electrons. The molecule has 11 heteroatoms. The first-order valence-electron chi connectivity index (χ1n) is 15.2. The molecule has 1 aromatic heterocycles. The van der Waals surface area contributed by atoms with Crippen molar-refractivity contribution in [3.05, 3.63) is 21.7 Å². The van der Waals surface area contributed by atoms with Crippen LogP contribution in [0.3, 0.4) is 0 Å². The second-order valence-corrected chi connectivity index (χ2v) is 14.9. The smallest absolute Gasteiger partial charge is 0.408 e. The van der Waals surface area contributed by atoms with Crippen molar-refractivity contribution in [3.8, 4) is 0 Å². The van der Waals surface area contributed by atoms with E-state index in [2.05, 4.69) is 10.3 Å². The number of hydrogen-bond acceptors (Lipinski definition) is 10. The number of aliphatic hydroxyl groups excluding tert-OH is 2. The van der Waals surface area contributed by atoms with Crippen molar-refractivity contribution in [3.63, 3.8) is 0 Å². The third-order valence-electron chi connectivity index (χ3n) is 8.71. The first-order valence-corrected chi connectivity index (χ1v) is 16.1. The van der Waals surface area contributed by atoms with Crippen LogP contribution in [0.4, 0.5) is 4.79 Å². The molecule has 3 N–H and O–H groups in total. The van der Waals surface area contributed by atoms with Gasteiger partial charge in [0.2, 0.25) is 0 Å². The molecule has 7 atom stereocenters. The number of cyclic esters (lactones) is 1. The van der Waals surface area contributed by atoms with Crippen molar-refractivity contribution >= 4 is 35.3 Å². The van der Waals surface area contributed by atoms with E-state index in [-0.39, 0.29) is 43.3 Å². The van der Waals surface area contributed by atoms with Crippen LogP contribution in [0.2, 0.25) is 0 Å². The Labute approximate surface area is 259 Å². The van der Waals surface area contributed by atoms with Gasteiger partial charge in [0, 0.05) is 17.2 Å². The Kier molecular flexibility index (Phi) is 11.2. The molecule has 2 aliphatic heterocycles. The SMILES string of the molecule is CC(=Cc1csc(CNC(=O)OC(C)(C)C)n1)C1COC(=O)CC(O)C(C)(C)C(=O)C(C)C(O)C(C)CCCC2(C)OC12. The fraction of sp³-hybridized carbons (Fsp3) is 0.750. The van der Waals surface area contributed by atoms with E-state index in [1.54, 1.807) is 41.5 Å². The molecule has 3 heterocycles. The Morgan fingerprint density at radius 3 is 2.56 bits per heavy atom. The minimum atomic E-state index is -1.26. The molecule has 242 valence electrons. The van der Waals surface area contributed by atoms with E-state index in [0.717, 1.165) is 35.5 Å². The van der Waals surface area contributed by atoms with Crippen molar-refractivity contribution in [2.75, 3.05) is 6.61 Å². The number of nitrogens with one attached hydrogen (secondary N) is 1. The van der Waals surface area contributed by atoms with E-state index in [1.807, 2.05) is 32.2 Å². The number of esters is 1. The number of carbonyl (C=O) groups is 3. The summed E-state index contributed by atoms with van der Waals surface area (Å²) in [5.41, 5.74) is -0.592. The standard InChI is InChI=1S/C32H50N2O8S/c1-18-11-10-12-32(9)28(41-32)22(16-40-25(36)14-23(35)31(7,8)27(38)20(3)26(18)37)19(2)13-21-17-43-24(34-21)15-33-29(39)42-30(4,5)6/h13,17-18,20,22-23,26,28,35,37H,10-12,14-16H2,1-9H3,(H,33,39). The largest absolute Gasteiger partial charge is 0.465 e. The topological polar surface area (TPSA) is 148 Å². The lowest BCUT2D eigenvalue weighted by Gasteiger charge is -2.34. The Balaban J connectivity index is 1.77. The van der Waals surface area contributed by atoms with Crippen molar-refractivity contribution in [2.45, 2.75) is 124 Å². The Bertz CT molecular complexity index is 1190. The maximum atomic E-state index is 13.3. The zero-order valence-corrected chi connectivity index (χ0v) is 27.9. The van der Waals surface area contributed by atoms with E-state index in [1.165, 1.54) is 11.3 Å². The first kappa shape index (κ1) is 35.1. The lowest BCUT2D eigenvalue weighted by molar-refractivity contribution is -0.152. The van der Waals surface area contributed by atoms with Gasteiger partial charge in [0.1, 0.15) is 23.0 Å². The van der Waals surface area contributed by atoms with Gasteiger partial charge in [0.25, 0.3) is 0 Å². The normalized spacial score (nSPS) is 32.9. The van der Waals surface area contributed by atoms with E-state index in [4.69, 9.17) is 14.2 Å². The number of rotatable bonds is 4. The van der Waals surface area contributed by atoms with Crippen LogP contribution < -0.4 is 5.32 Å². The number of carbonyl (C=O) groups excluding carboxylic acids is 3. The van der Waals surface area contributed by atoms with Gasteiger partial charge in [0.05, 0.1) is 48.0 Å². The summed E-state index contributed by atoms with van der Waals surface area (Å²) in [6, 6.07) is 0. The summed E-state index contributed by atoms with van der Waals surface area (Å²) in [4.78, 5) is 42.7. The van der Waals surface area contributed by atoms with Crippen LogP contribution in [0, 0.1) is 23.2 Å². The molecule has 0 saturated carbocycles. The summed E-state index contributed by atoms with van der Waals surface area (Å²) in [5, 5.41) is 27.2. The lowest BCUT2D eigenvalue weighted by atomic mass is 9.73. The summed E-state index contributed by atoms with van der Waals surface area (Å²) in [5.74, 6) is -1.93. The van der Waals surface area contributed by atoms with Gasteiger partial charge in [-0.25, -0.2) is 9.78 Å². The molecule has 43 heavy (non-hydrogen) atoms. The third-order valence-corrected chi connectivity index (χ3v) is 9.58. The number of epoxide rings is 1. The average molecular weight is 623 g/mol. The molecule has 2 aliphatic rings. The van der Waals surface area contributed by atoms with Gasteiger partial charge in [0.15, 0.2) is 0 Å². The van der Waals surface area contributed by atoms with Gasteiger partial charge in [-0.3, -0.25) is 9.59 Å². The van der Waals surface area contributed by atoms with Crippen molar-refractivity contribution in [1.29, 1.82) is 0 Å². The predicted octanol–water partition coefficient (Wildman–Crippen LogP) is 5.05. The molecule has 3 rings (SSSR count). The molecule has 2 saturated heterocycles. The number of aliphatic hydroxyl groups is 2. The van der Waals surface area contributed by atoms with Gasteiger partial charge in [-0.2, -0.15) is 0 Å². The number of thiazole rings is 1. The highest BCUT2D eigenvalue weighted by Gasteiger charge is 2.56. The number of Topliss-reactive ketones (excluding diaryl/α,β-unsaturated/α-hetero) is 1. The molecule has 1 amide bonds. The van der Waals surface area contributed by atoms with Crippen molar-refractivity contribution in [2.24, 2.45) is 23.2 Å². The number of fused-ring (bicyclic) bond motifs is 1. The van der Waals surface area contributed by atoms with Crippen LogP contribution in [0.1, 0.15) is 98.7 Å². The van der Waals surface area contributed by atoms with Gasteiger partial charge < -0.3 is 29.7 Å². The highest BCUT2D eigenvalue weighted by atomic mass is 32.1. The van der Waals surface area contributed by atoms with Gasteiger partial charge in [-0.15, -0.1) is 11.3 Å². The monoisotopic (exact) mass is 622 g/mol. The molecule has 10 nitrogen and oxygen atoms in total. The number of ketones is 1. The lowest BCUT2D eigenvalue weighted by Crippen LogP contribution is -2.45. The van der Waals surface area contributed by atoms with E-state index in [9.17, 15) is 24.6 Å². The number of hydrogen-bond donors (Lipinski definition) is 3. The van der Waals surface area contributed by atoms with Crippen LogP contribution >= 0.6 is 11.3 Å². The summed E-state index contributed by atoms with van der Waals surface area (Å²) >= 11 is 1.42. The Hall–Kier alpha value is -2.34. The zero-order chi connectivity index (χ0) is 32.3. The van der Waals surface area contributed by atoms with Crippen molar-refractivity contribution < 1.29 is 38.8 Å². The number of ether oxygens (including phenoxy) is 3. The minimum absolute atomic E-state index is 0.0607. The van der Waals surface area contributed by atoms with Crippen LogP contribution in [-0.2, 0) is 30.3 Å². The van der Waals surface area contributed by atoms with E-state index in [0.29, 0.717) is 0 Å². The van der Waals surface area contributed by atoms with Crippen LogP contribution in [0.15, 0.2) is 11.0 Å². The van der Waals surface area contributed by atoms with Crippen molar-refractivity contribution in [1.82, 2.24) is 10.3 Å². The molecule has 0 bridgehead atoms. The molecule has 0 aromatic carbocycles. The summed E-state index contributed by atoms with van der Waals surface area (Å²) in [6.45, 7) is 16.5. The Morgan fingerprint density at radius 1 is 1.23 bits per heavy atom.